The molecule has 0 aliphatic rings. The molecule has 18 heavy (non-hydrogen) atoms. The molecule has 1 aromatic heterocycles. The molecule has 0 saturated carbocycles. The second-order valence-corrected chi connectivity index (χ2v) is 5.47. The summed E-state index contributed by atoms with van der Waals surface area (Å²) in [5.74, 6) is -0.436. The first kappa shape index (κ1) is 13.4. The highest BCUT2D eigenvalue weighted by molar-refractivity contribution is 9.10. The van der Waals surface area contributed by atoms with Gasteiger partial charge in [-0.1, -0.05) is 22.0 Å². The standard InChI is InChI=1S/C13H8Br2FNO/c14-9-2-4-12(17-7-9)13(18)5-8-1-3-10(16)6-11(8)15/h1-4,6-7H,5H2. The topological polar surface area (TPSA) is 30.0 Å². The van der Waals surface area contributed by atoms with Crippen LogP contribution in [0.5, 0.6) is 0 Å². The van der Waals surface area contributed by atoms with E-state index in [1.807, 2.05) is 0 Å². The Morgan fingerprint density at radius 2 is 2.00 bits per heavy atom. The van der Waals surface area contributed by atoms with E-state index in [9.17, 15) is 9.18 Å². The number of Topliss-reactive ketones (excluding diaryl/α,β-unsaturated/α-hetero) is 1. The maximum atomic E-state index is 12.9. The van der Waals surface area contributed by atoms with E-state index in [1.165, 1.54) is 12.1 Å². The zero-order valence-electron chi connectivity index (χ0n) is 9.16. The average molecular weight is 373 g/mol. The number of pyridine rings is 1. The average Bonchev–Trinajstić information content (AvgIpc) is 2.33. The molecule has 0 N–H and O–H groups in total. The predicted molar refractivity (Wildman–Crippen MR) is 74.1 cm³/mol. The number of ketones is 1. The van der Waals surface area contributed by atoms with Crippen LogP contribution in [0.25, 0.3) is 0 Å². The van der Waals surface area contributed by atoms with Crippen molar-refractivity contribution in [2.75, 3.05) is 0 Å². The monoisotopic (exact) mass is 371 g/mol. The molecule has 0 unspecified atom stereocenters. The molecule has 5 heteroatoms. The summed E-state index contributed by atoms with van der Waals surface area (Å²) in [6, 6.07) is 7.69. The van der Waals surface area contributed by atoms with Crippen LogP contribution in [-0.4, -0.2) is 10.8 Å². The van der Waals surface area contributed by atoms with Gasteiger partial charge in [0, 0.05) is 21.6 Å². The number of benzene rings is 1. The largest absolute Gasteiger partial charge is 0.292 e. The third-order valence-electron chi connectivity index (χ3n) is 2.38. The molecule has 0 amide bonds. The van der Waals surface area contributed by atoms with E-state index >= 15 is 0 Å². The van der Waals surface area contributed by atoms with Crippen LogP contribution in [0.4, 0.5) is 4.39 Å². The Balaban J connectivity index is 2.18. The predicted octanol–water partition coefficient (Wildman–Crippen LogP) is 4.17. The molecule has 0 aliphatic heterocycles. The molecule has 0 spiro atoms. The number of halogens is 3. The van der Waals surface area contributed by atoms with Crippen molar-refractivity contribution in [2.24, 2.45) is 0 Å². The van der Waals surface area contributed by atoms with Gasteiger partial charge in [0.2, 0.25) is 0 Å². The Bertz CT molecular complexity index is 584. The van der Waals surface area contributed by atoms with Gasteiger partial charge < -0.3 is 0 Å². The lowest BCUT2D eigenvalue weighted by Gasteiger charge is -2.04. The van der Waals surface area contributed by atoms with Gasteiger partial charge in [-0.05, 0) is 45.8 Å². The van der Waals surface area contributed by atoms with Crippen molar-refractivity contribution in [3.63, 3.8) is 0 Å². The molecular weight excluding hydrogens is 365 g/mol. The summed E-state index contributed by atoms with van der Waals surface area (Å²) >= 11 is 6.50. The van der Waals surface area contributed by atoms with Crippen LogP contribution < -0.4 is 0 Å². The number of carbonyl (C=O) groups excluding carboxylic acids is 1. The fraction of sp³-hybridized carbons (Fsp3) is 0.0769. The molecule has 2 nitrogen and oxygen atoms in total. The summed E-state index contributed by atoms with van der Waals surface area (Å²) in [5, 5.41) is 0. The third-order valence-corrected chi connectivity index (χ3v) is 3.59. The number of rotatable bonds is 3. The fourth-order valence-corrected chi connectivity index (χ4v) is 2.19. The van der Waals surface area contributed by atoms with Gasteiger partial charge in [0.05, 0.1) is 0 Å². The Labute approximate surface area is 121 Å². The lowest BCUT2D eigenvalue weighted by atomic mass is 10.1. The molecule has 0 atom stereocenters. The number of carbonyl (C=O) groups is 1. The fourth-order valence-electron chi connectivity index (χ4n) is 1.47. The Morgan fingerprint density at radius 1 is 1.22 bits per heavy atom. The van der Waals surface area contributed by atoms with Crippen molar-refractivity contribution in [1.29, 1.82) is 0 Å². The second kappa shape index (κ2) is 5.71. The van der Waals surface area contributed by atoms with Crippen molar-refractivity contribution in [2.45, 2.75) is 6.42 Å². The van der Waals surface area contributed by atoms with Gasteiger partial charge in [-0.3, -0.25) is 9.78 Å². The molecule has 0 fully saturated rings. The molecule has 0 aliphatic carbocycles. The minimum Gasteiger partial charge on any atom is -0.292 e. The minimum atomic E-state index is -0.333. The highest BCUT2D eigenvalue weighted by Crippen LogP contribution is 2.20. The van der Waals surface area contributed by atoms with Gasteiger partial charge in [0.15, 0.2) is 5.78 Å². The van der Waals surface area contributed by atoms with Crippen molar-refractivity contribution >= 4 is 37.6 Å². The minimum absolute atomic E-state index is 0.102. The molecule has 2 rings (SSSR count). The van der Waals surface area contributed by atoms with Gasteiger partial charge in [0.25, 0.3) is 0 Å². The Kier molecular flexibility index (Phi) is 4.24. The van der Waals surface area contributed by atoms with Gasteiger partial charge in [-0.2, -0.15) is 0 Å². The van der Waals surface area contributed by atoms with E-state index < -0.39 is 0 Å². The van der Waals surface area contributed by atoms with Crippen molar-refractivity contribution in [1.82, 2.24) is 4.98 Å². The molecule has 0 radical (unpaired) electrons. The molecular formula is C13H8Br2FNO. The highest BCUT2D eigenvalue weighted by atomic mass is 79.9. The lowest BCUT2D eigenvalue weighted by molar-refractivity contribution is 0.0988. The van der Waals surface area contributed by atoms with Crippen LogP contribution in [-0.2, 0) is 6.42 Å². The van der Waals surface area contributed by atoms with Gasteiger partial charge in [-0.15, -0.1) is 0 Å². The molecule has 0 bridgehead atoms. The Morgan fingerprint density at radius 3 is 2.61 bits per heavy atom. The van der Waals surface area contributed by atoms with Crippen LogP contribution in [0.2, 0.25) is 0 Å². The first-order chi connectivity index (χ1) is 8.56. The SMILES string of the molecule is O=C(Cc1ccc(F)cc1Br)c1ccc(Br)cn1. The first-order valence-corrected chi connectivity index (χ1v) is 6.73. The molecule has 92 valence electrons. The summed E-state index contributed by atoms with van der Waals surface area (Å²) in [6.45, 7) is 0. The smallest absolute Gasteiger partial charge is 0.185 e. The summed E-state index contributed by atoms with van der Waals surface area (Å²) in [5.41, 5.74) is 1.14. The van der Waals surface area contributed by atoms with Crippen molar-refractivity contribution in [3.8, 4) is 0 Å². The van der Waals surface area contributed by atoms with Crippen molar-refractivity contribution < 1.29 is 9.18 Å². The van der Waals surface area contributed by atoms with Crippen LogP contribution in [0.15, 0.2) is 45.5 Å². The molecule has 1 heterocycles. The normalized spacial score (nSPS) is 10.4. The van der Waals surface area contributed by atoms with Gasteiger partial charge in [0.1, 0.15) is 11.5 Å². The first-order valence-electron chi connectivity index (χ1n) is 5.15. The van der Waals surface area contributed by atoms with E-state index in [1.54, 1.807) is 24.4 Å². The van der Waals surface area contributed by atoms with Crippen LogP contribution in [0.1, 0.15) is 16.1 Å². The maximum absolute atomic E-state index is 12.9. The van der Waals surface area contributed by atoms with Gasteiger partial charge >= 0.3 is 0 Å². The maximum Gasteiger partial charge on any atom is 0.185 e. The molecule has 2 aromatic rings. The van der Waals surface area contributed by atoms with E-state index in [-0.39, 0.29) is 18.0 Å². The summed E-state index contributed by atoms with van der Waals surface area (Å²) in [4.78, 5) is 16.0. The second-order valence-electron chi connectivity index (χ2n) is 3.70. The quantitative estimate of drug-likeness (QED) is 0.757. The lowest BCUT2D eigenvalue weighted by Crippen LogP contribution is -2.06. The molecule has 1 aromatic carbocycles. The Hall–Kier alpha value is -1.07. The van der Waals surface area contributed by atoms with Crippen LogP contribution in [0.3, 0.4) is 0 Å². The van der Waals surface area contributed by atoms with Crippen molar-refractivity contribution in [3.05, 3.63) is 62.5 Å². The van der Waals surface area contributed by atoms with E-state index in [4.69, 9.17) is 0 Å². The number of hydrogen-bond donors (Lipinski definition) is 0. The molecule has 0 saturated heterocycles. The van der Waals surface area contributed by atoms with E-state index in [0.29, 0.717) is 10.2 Å². The van der Waals surface area contributed by atoms with Gasteiger partial charge in [-0.25, -0.2) is 4.39 Å². The summed E-state index contributed by atoms with van der Waals surface area (Å²) in [7, 11) is 0. The highest BCUT2D eigenvalue weighted by Gasteiger charge is 2.11. The third kappa shape index (κ3) is 3.23. The zero-order chi connectivity index (χ0) is 13.1. The summed E-state index contributed by atoms with van der Waals surface area (Å²) in [6.07, 6.45) is 1.77. The van der Waals surface area contributed by atoms with Crippen LogP contribution in [0, 0.1) is 5.82 Å². The zero-order valence-corrected chi connectivity index (χ0v) is 12.3. The summed E-state index contributed by atoms with van der Waals surface area (Å²) < 4.78 is 14.3. The number of aromatic nitrogens is 1. The number of nitrogens with zero attached hydrogens (tertiary/aromatic N) is 1. The van der Waals surface area contributed by atoms with Crippen LogP contribution >= 0.6 is 31.9 Å². The van der Waals surface area contributed by atoms with E-state index in [0.717, 1.165) is 10.0 Å². The van der Waals surface area contributed by atoms with E-state index in [2.05, 4.69) is 36.8 Å². The number of hydrogen-bond acceptors (Lipinski definition) is 2.